The normalized spacial score (nSPS) is 24.0. The average Bonchev–Trinajstić information content (AvgIpc) is 2.64. The third-order valence-corrected chi connectivity index (χ3v) is 3.48. The summed E-state index contributed by atoms with van der Waals surface area (Å²) in [5.74, 6) is 0. The van der Waals surface area contributed by atoms with Crippen LogP contribution in [0.1, 0.15) is 17.0 Å². The Kier molecular flexibility index (Phi) is 1.47. The van der Waals surface area contributed by atoms with Crippen LogP contribution in [0.4, 0.5) is 0 Å². The summed E-state index contributed by atoms with van der Waals surface area (Å²) in [6.07, 6.45) is 1.31. The molecular weight excluding hydrogens is 170 g/mol. The average molecular weight is 181 g/mol. The van der Waals surface area contributed by atoms with Gasteiger partial charge in [-0.1, -0.05) is 0 Å². The monoisotopic (exact) mass is 181 g/mol. The summed E-state index contributed by atoms with van der Waals surface area (Å²) in [4.78, 5) is 5.83. The van der Waals surface area contributed by atoms with Crippen molar-refractivity contribution < 1.29 is 0 Å². The molecule has 0 saturated carbocycles. The van der Waals surface area contributed by atoms with E-state index in [1.165, 1.54) is 30.1 Å². The van der Waals surface area contributed by atoms with Crippen molar-refractivity contribution in [1.29, 1.82) is 0 Å². The minimum Gasteiger partial charge on any atom is -0.248 e. The van der Waals surface area contributed by atoms with E-state index in [0.717, 1.165) is 13.1 Å². The van der Waals surface area contributed by atoms with Crippen LogP contribution in [-0.2, 0) is 13.1 Å². The van der Waals surface area contributed by atoms with Crippen LogP contribution in [0.25, 0.3) is 0 Å². The largest absolute Gasteiger partial charge is 0.248 e. The summed E-state index contributed by atoms with van der Waals surface area (Å²) in [6, 6.07) is 0. The maximum absolute atomic E-state index is 4.37. The first-order valence-electron chi connectivity index (χ1n) is 4.34. The zero-order valence-corrected chi connectivity index (χ0v) is 7.68. The number of fused-ring (bicyclic) bond motifs is 2. The summed E-state index contributed by atoms with van der Waals surface area (Å²) in [5, 5.41) is 4.86. The SMILES string of the molecule is c1nc2c(s1)CN1CCCN1C2. The molecule has 0 atom stereocenters. The van der Waals surface area contributed by atoms with Crippen LogP contribution in [-0.4, -0.2) is 28.1 Å². The van der Waals surface area contributed by atoms with Gasteiger partial charge in [-0.25, -0.2) is 15.0 Å². The maximum atomic E-state index is 4.37. The number of hydrazine groups is 1. The second kappa shape index (κ2) is 2.52. The quantitative estimate of drug-likeness (QED) is 0.597. The highest BCUT2D eigenvalue weighted by molar-refractivity contribution is 7.09. The fourth-order valence-corrected chi connectivity index (χ4v) is 2.75. The molecule has 0 aliphatic carbocycles. The molecule has 2 aliphatic rings. The fraction of sp³-hybridized carbons (Fsp3) is 0.625. The minimum absolute atomic E-state index is 1.04. The van der Waals surface area contributed by atoms with E-state index in [0.29, 0.717) is 0 Å². The van der Waals surface area contributed by atoms with Crippen molar-refractivity contribution in [1.82, 2.24) is 15.0 Å². The summed E-state index contributed by atoms with van der Waals surface area (Å²) < 4.78 is 0. The highest BCUT2D eigenvalue weighted by Crippen LogP contribution is 2.27. The smallest absolute Gasteiger partial charge is 0.0798 e. The molecule has 0 aromatic carbocycles. The lowest BCUT2D eigenvalue weighted by Crippen LogP contribution is -2.39. The number of aromatic nitrogens is 1. The standard InChI is InChI=1S/C8H11N3S/c1-2-10-4-7-8(12-6-9-7)5-11(10)3-1/h6H,1-5H2. The molecule has 1 fully saturated rings. The molecule has 3 heterocycles. The maximum Gasteiger partial charge on any atom is 0.0798 e. The van der Waals surface area contributed by atoms with E-state index in [1.54, 1.807) is 11.3 Å². The van der Waals surface area contributed by atoms with Crippen molar-refractivity contribution in [3.8, 4) is 0 Å². The first-order valence-corrected chi connectivity index (χ1v) is 5.22. The van der Waals surface area contributed by atoms with Gasteiger partial charge in [-0.2, -0.15) is 0 Å². The molecule has 0 unspecified atom stereocenters. The molecule has 0 bridgehead atoms. The van der Waals surface area contributed by atoms with Gasteiger partial charge in [-0.05, 0) is 6.42 Å². The lowest BCUT2D eigenvalue weighted by atomic mass is 10.3. The van der Waals surface area contributed by atoms with Crippen molar-refractivity contribution >= 4 is 11.3 Å². The molecular formula is C8H11N3S. The van der Waals surface area contributed by atoms with E-state index in [4.69, 9.17) is 0 Å². The number of rotatable bonds is 0. The fourth-order valence-electron chi connectivity index (χ4n) is 1.97. The van der Waals surface area contributed by atoms with Gasteiger partial charge in [-0.3, -0.25) is 0 Å². The minimum atomic E-state index is 1.04. The van der Waals surface area contributed by atoms with Crippen LogP contribution in [0.15, 0.2) is 5.51 Å². The summed E-state index contributed by atoms with van der Waals surface area (Å²) in [5.41, 5.74) is 3.27. The molecule has 4 heteroatoms. The van der Waals surface area contributed by atoms with Crippen LogP contribution < -0.4 is 0 Å². The Balaban J connectivity index is 1.95. The third kappa shape index (κ3) is 0.920. The highest BCUT2D eigenvalue weighted by atomic mass is 32.1. The predicted molar refractivity (Wildman–Crippen MR) is 47.6 cm³/mol. The Labute approximate surface area is 75.6 Å². The van der Waals surface area contributed by atoms with E-state index >= 15 is 0 Å². The first-order chi connectivity index (χ1) is 5.93. The molecule has 12 heavy (non-hydrogen) atoms. The Morgan fingerprint density at radius 3 is 3.00 bits per heavy atom. The molecule has 3 rings (SSSR count). The van der Waals surface area contributed by atoms with Crippen LogP contribution in [0, 0.1) is 0 Å². The van der Waals surface area contributed by atoms with Crippen molar-refractivity contribution in [2.75, 3.05) is 13.1 Å². The number of nitrogens with zero attached hydrogens (tertiary/aromatic N) is 3. The topological polar surface area (TPSA) is 19.4 Å². The van der Waals surface area contributed by atoms with Crippen LogP contribution in [0.2, 0.25) is 0 Å². The zero-order chi connectivity index (χ0) is 7.97. The molecule has 1 aromatic rings. The molecule has 0 spiro atoms. The molecule has 0 amide bonds. The summed E-state index contributed by atoms with van der Waals surface area (Å²) in [7, 11) is 0. The molecule has 0 N–H and O–H groups in total. The molecule has 1 saturated heterocycles. The lowest BCUT2D eigenvalue weighted by Gasteiger charge is -2.31. The van der Waals surface area contributed by atoms with Gasteiger partial charge in [0.15, 0.2) is 0 Å². The van der Waals surface area contributed by atoms with Gasteiger partial charge in [-0.15, -0.1) is 11.3 Å². The molecule has 1 aromatic heterocycles. The van der Waals surface area contributed by atoms with E-state index in [-0.39, 0.29) is 0 Å². The van der Waals surface area contributed by atoms with Gasteiger partial charge >= 0.3 is 0 Å². The van der Waals surface area contributed by atoms with E-state index in [9.17, 15) is 0 Å². The number of hydrogen-bond donors (Lipinski definition) is 0. The second-order valence-corrected chi connectivity index (χ2v) is 4.29. The summed E-state index contributed by atoms with van der Waals surface area (Å²) >= 11 is 1.79. The Bertz CT molecular complexity index is 270. The van der Waals surface area contributed by atoms with Gasteiger partial charge < -0.3 is 0 Å². The molecule has 2 aliphatic heterocycles. The third-order valence-electron chi connectivity index (χ3n) is 2.62. The van der Waals surface area contributed by atoms with Crippen LogP contribution >= 0.6 is 11.3 Å². The van der Waals surface area contributed by atoms with Crippen molar-refractivity contribution in [3.63, 3.8) is 0 Å². The van der Waals surface area contributed by atoms with Gasteiger partial charge in [0.2, 0.25) is 0 Å². The Hall–Kier alpha value is -0.450. The Morgan fingerprint density at radius 2 is 2.08 bits per heavy atom. The number of thiazole rings is 1. The van der Waals surface area contributed by atoms with E-state index in [1.807, 2.05) is 5.51 Å². The lowest BCUT2D eigenvalue weighted by molar-refractivity contribution is -0.00168. The molecule has 64 valence electrons. The van der Waals surface area contributed by atoms with Crippen LogP contribution in [0.5, 0.6) is 0 Å². The van der Waals surface area contributed by atoms with Crippen LogP contribution in [0.3, 0.4) is 0 Å². The molecule has 3 nitrogen and oxygen atoms in total. The van der Waals surface area contributed by atoms with Gasteiger partial charge in [0, 0.05) is 24.5 Å². The zero-order valence-electron chi connectivity index (χ0n) is 6.86. The predicted octanol–water partition coefficient (Wildman–Crippen LogP) is 1.08. The summed E-state index contributed by atoms with van der Waals surface area (Å²) in [6.45, 7) is 4.59. The van der Waals surface area contributed by atoms with Gasteiger partial charge in [0.25, 0.3) is 0 Å². The van der Waals surface area contributed by atoms with E-state index < -0.39 is 0 Å². The van der Waals surface area contributed by atoms with Crippen molar-refractivity contribution in [2.24, 2.45) is 0 Å². The number of hydrogen-bond acceptors (Lipinski definition) is 4. The Morgan fingerprint density at radius 1 is 1.25 bits per heavy atom. The van der Waals surface area contributed by atoms with Crippen molar-refractivity contribution in [2.45, 2.75) is 19.5 Å². The highest BCUT2D eigenvalue weighted by Gasteiger charge is 2.28. The second-order valence-electron chi connectivity index (χ2n) is 3.35. The van der Waals surface area contributed by atoms with Gasteiger partial charge in [0.1, 0.15) is 0 Å². The van der Waals surface area contributed by atoms with E-state index in [2.05, 4.69) is 15.0 Å². The van der Waals surface area contributed by atoms with Crippen molar-refractivity contribution in [3.05, 3.63) is 16.1 Å². The first kappa shape index (κ1) is 7.00. The van der Waals surface area contributed by atoms with Gasteiger partial charge in [0.05, 0.1) is 17.7 Å². The molecule has 0 radical (unpaired) electrons.